The zero-order chi connectivity index (χ0) is 15.0. The number of rotatable bonds is 2. The summed E-state index contributed by atoms with van der Waals surface area (Å²) in [7, 11) is 0. The number of nitrogens with one attached hydrogen (secondary N) is 1. The number of amides is 2. The average molecular weight is 304 g/mol. The predicted molar refractivity (Wildman–Crippen MR) is 84.0 cm³/mol. The van der Waals surface area contributed by atoms with Crippen molar-refractivity contribution in [3.63, 3.8) is 0 Å². The minimum atomic E-state index is -0.960. The molecule has 0 aromatic heterocycles. The molecule has 1 N–H and O–H groups in total. The van der Waals surface area contributed by atoms with E-state index in [1.807, 2.05) is 60.8 Å². The Morgan fingerprint density at radius 1 is 1.29 bits per heavy atom. The summed E-state index contributed by atoms with van der Waals surface area (Å²) in [6.45, 7) is 3.63. The van der Waals surface area contributed by atoms with Crippen LogP contribution in [0.15, 0.2) is 30.3 Å². The maximum atomic E-state index is 13.1. The van der Waals surface area contributed by atoms with Gasteiger partial charge in [0.2, 0.25) is 5.91 Å². The summed E-state index contributed by atoms with van der Waals surface area (Å²) in [6.07, 6.45) is 0.971. The molecule has 2 fully saturated rings. The SMILES string of the molecule is CC1C(=O)NC(C)(c2ccccc2)C(=O)N1C1CCSC1. The number of carbonyl (C=O) groups excluding carboxylic acids is 2. The summed E-state index contributed by atoms with van der Waals surface area (Å²) in [5.74, 6) is 1.92. The molecule has 0 aliphatic carbocycles. The molecule has 2 saturated heterocycles. The number of hydrogen-bond donors (Lipinski definition) is 1. The van der Waals surface area contributed by atoms with Gasteiger partial charge < -0.3 is 10.2 Å². The molecule has 0 radical (unpaired) electrons. The van der Waals surface area contributed by atoms with Crippen LogP contribution in [0.1, 0.15) is 25.8 Å². The van der Waals surface area contributed by atoms with Crippen molar-refractivity contribution in [1.82, 2.24) is 10.2 Å². The topological polar surface area (TPSA) is 49.4 Å². The van der Waals surface area contributed by atoms with E-state index in [0.717, 1.165) is 23.5 Å². The van der Waals surface area contributed by atoms with Crippen molar-refractivity contribution < 1.29 is 9.59 Å². The maximum absolute atomic E-state index is 13.1. The van der Waals surface area contributed by atoms with Crippen LogP contribution in [0.5, 0.6) is 0 Å². The summed E-state index contributed by atoms with van der Waals surface area (Å²) in [5.41, 5.74) is -0.121. The van der Waals surface area contributed by atoms with Gasteiger partial charge in [0.1, 0.15) is 11.6 Å². The number of benzene rings is 1. The molecule has 2 heterocycles. The highest BCUT2D eigenvalue weighted by atomic mass is 32.2. The summed E-state index contributed by atoms with van der Waals surface area (Å²) >= 11 is 1.85. The van der Waals surface area contributed by atoms with Gasteiger partial charge in [0.25, 0.3) is 5.91 Å². The van der Waals surface area contributed by atoms with E-state index >= 15 is 0 Å². The fourth-order valence-electron chi connectivity index (χ4n) is 3.16. The van der Waals surface area contributed by atoms with Gasteiger partial charge in [-0.1, -0.05) is 30.3 Å². The molecule has 2 amide bonds. The molecule has 0 bridgehead atoms. The normalized spacial score (nSPS) is 33.1. The van der Waals surface area contributed by atoms with E-state index in [-0.39, 0.29) is 17.9 Å². The van der Waals surface area contributed by atoms with Crippen LogP contribution < -0.4 is 5.32 Å². The van der Waals surface area contributed by atoms with Gasteiger partial charge in [-0.15, -0.1) is 0 Å². The van der Waals surface area contributed by atoms with E-state index in [1.165, 1.54) is 0 Å². The van der Waals surface area contributed by atoms with Crippen molar-refractivity contribution in [2.45, 2.75) is 37.9 Å². The van der Waals surface area contributed by atoms with Crippen LogP contribution in [0.2, 0.25) is 0 Å². The second-order valence-electron chi connectivity index (χ2n) is 5.89. The fourth-order valence-corrected chi connectivity index (χ4v) is 4.36. The first-order chi connectivity index (χ1) is 10.0. The fraction of sp³-hybridized carbons (Fsp3) is 0.500. The second kappa shape index (κ2) is 5.37. The Hall–Kier alpha value is -1.49. The molecule has 3 unspecified atom stereocenters. The Bertz CT molecular complexity index is 557. The first kappa shape index (κ1) is 14.4. The smallest absolute Gasteiger partial charge is 0.253 e. The van der Waals surface area contributed by atoms with Crippen LogP contribution in [-0.4, -0.2) is 40.3 Å². The summed E-state index contributed by atoms with van der Waals surface area (Å²) < 4.78 is 0. The van der Waals surface area contributed by atoms with Crippen molar-refractivity contribution in [2.24, 2.45) is 0 Å². The zero-order valence-electron chi connectivity index (χ0n) is 12.3. The van der Waals surface area contributed by atoms with Crippen LogP contribution >= 0.6 is 11.8 Å². The minimum Gasteiger partial charge on any atom is -0.336 e. The molecular formula is C16H20N2O2S. The minimum absolute atomic E-state index is 0.00769. The summed E-state index contributed by atoms with van der Waals surface area (Å²) in [6, 6.07) is 9.29. The quantitative estimate of drug-likeness (QED) is 0.905. The van der Waals surface area contributed by atoms with E-state index in [1.54, 1.807) is 0 Å². The van der Waals surface area contributed by atoms with Gasteiger partial charge in [-0.2, -0.15) is 11.8 Å². The predicted octanol–water partition coefficient (Wildman–Crippen LogP) is 1.75. The standard InChI is InChI=1S/C16H20N2O2S/c1-11-14(19)17-16(2,12-6-4-3-5-7-12)15(20)18(11)13-8-9-21-10-13/h3-7,11,13H,8-10H2,1-2H3,(H,17,19). The van der Waals surface area contributed by atoms with Crippen molar-refractivity contribution in [3.05, 3.63) is 35.9 Å². The zero-order valence-corrected chi connectivity index (χ0v) is 13.2. The molecule has 2 aliphatic rings. The van der Waals surface area contributed by atoms with E-state index in [0.29, 0.717) is 0 Å². The molecule has 3 atom stereocenters. The van der Waals surface area contributed by atoms with Crippen LogP contribution in [0.25, 0.3) is 0 Å². The Morgan fingerprint density at radius 3 is 2.62 bits per heavy atom. The highest BCUT2D eigenvalue weighted by Gasteiger charge is 2.49. The van der Waals surface area contributed by atoms with Crippen LogP contribution in [0, 0.1) is 0 Å². The first-order valence-corrected chi connectivity index (χ1v) is 8.47. The first-order valence-electron chi connectivity index (χ1n) is 7.32. The average Bonchev–Trinajstić information content (AvgIpc) is 3.00. The van der Waals surface area contributed by atoms with Gasteiger partial charge in [0, 0.05) is 11.8 Å². The maximum Gasteiger partial charge on any atom is 0.253 e. The Labute approximate surface area is 129 Å². The molecule has 21 heavy (non-hydrogen) atoms. The van der Waals surface area contributed by atoms with E-state index in [9.17, 15) is 9.59 Å². The van der Waals surface area contributed by atoms with Gasteiger partial charge in [-0.05, 0) is 31.6 Å². The van der Waals surface area contributed by atoms with Crippen molar-refractivity contribution in [1.29, 1.82) is 0 Å². The van der Waals surface area contributed by atoms with Gasteiger partial charge in [-0.3, -0.25) is 9.59 Å². The van der Waals surface area contributed by atoms with Crippen LogP contribution in [0.3, 0.4) is 0 Å². The lowest BCUT2D eigenvalue weighted by molar-refractivity contribution is -0.156. The number of nitrogens with zero attached hydrogens (tertiary/aromatic N) is 1. The summed E-state index contributed by atoms with van der Waals surface area (Å²) in [4.78, 5) is 27.3. The highest BCUT2D eigenvalue weighted by Crippen LogP contribution is 2.33. The number of thioether (sulfide) groups is 1. The third kappa shape index (κ3) is 2.33. The lowest BCUT2D eigenvalue weighted by Crippen LogP contribution is -2.68. The van der Waals surface area contributed by atoms with E-state index in [4.69, 9.17) is 0 Å². The Balaban J connectivity index is 1.99. The number of carbonyl (C=O) groups is 2. The van der Waals surface area contributed by atoms with Gasteiger partial charge in [-0.25, -0.2) is 0 Å². The third-order valence-electron chi connectivity index (χ3n) is 4.48. The molecule has 1 aromatic carbocycles. The van der Waals surface area contributed by atoms with Crippen molar-refractivity contribution >= 4 is 23.6 Å². The number of piperazine rings is 1. The highest BCUT2D eigenvalue weighted by molar-refractivity contribution is 7.99. The molecule has 0 saturated carbocycles. The van der Waals surface area contributed by atoms with Crippen molar-refractivity contribution in [2.75, 3.05) is 11.5 Å². The largest absolute Gasteiger partial charge is 0.336 e. The molecule has 0 spiro atoms. The summed E-state index contributed by atoms with van der Waals surface area (Å²) in [5, 5.41) is 2.93. The molecular weight excluding hydrogens is 284 g/mol. The van der Waals surface area contributed by atoms with E-state index in [2.05, 4.69) is 5.32 Å². The molecule has 4 nitrogen and oxygen atoms in total. The van der Waals surface area contributed by atoms with Crippen LogP contribution in [-0.2, 0) is 15.1 Å². The molecule has 112 valence electrons. The lowest BCUT2D eigenvalue weighted by Gasteiger charge is -2.46. The molecule has 1 aromatic rings. The Morgan fingerprint density at radius 2 is 2.00 bits per heavy atom. The lowest BCUT2D eigenvalue weighted by atomic mass is 9.86. The second-order valence-corrected chi connectivity index (χ2v) is 7.04. The molecule has 3 rings (SSSR count). The monoisotopic (exact) mass is 304 g/mol. The van der Waals surface area contributed by atoms with Gasteiger partial charge in [0.15, 0.2) is 0 Å². The molecule has 2 aliphatic heterocycles. The Kier molecular flexibility index (Phi) is 3.69. The van der Waals surface area contributed by atoms with E-state index < -0.39 is 11.6 Å². The third-order valence-corrected chi connectivity index (χ3v) is 5.63. The van der Waals surface area contributed by atoms with Gasteiger partial charge in [0.05, 0.1) is 0 Å². The number of hydrogen-bond acceptors (Lipinski definition) is 3. The van der Waals surface area contributed by atoms with Crippen molar-refractivity contribution in [3.8, 4) is 0 Å². The molecule has 5 heteroatoms. The van der Waals surface area contributed by atoms with Crippen LogP contribution in [0.4, 0.5) is 0 Å². The van der Waals surface area contributed by atoms with Gasteiger partial charge >= 0.3 is 0 Å².